The van der Waals surface area contributed by atoms with E-state index in [2.05, 4.69) is 4.98 Å². The Bertz CT molecular complexity index is 1020. The van der Waals surface area contributed by atoms with Crippen LogP contribution in [0.2, 0.25) is 0 Å². The zero-order chi connectivity index (χ0) is 21.1. The Labute approximate surface area is 186 Å². The summed E-state index contributed by atoms with van der Waals surface area (Å²) in [7, 11) is 1.51. The molecule has 0 atom stereocenters. The van der Waals surface area contributed by atoms with E-state index in [9.17, 15) is 8.78 Å². The molecular weight excluding hydrogens is 426 g/mol. The molecule has 0 unspecified atom stereocenters. The highest BCUT2D eigenvalue weighted by atomic mass is 35.5. The summed E-state index contributed by atoms with van der Waals surface area (Å²) in [4.78, 5) is 4.22. The lowest BCUT2D eigenvalue weighted by Gasteiger charge is -2.36. The fourth-order valence-electron chi connectivity index (χ4n) is 3.83. The quantitative estimate of drug-likeness (QED) is 0.523. The van der Waals surface area contributed by atoms with Crippen molar-refractivity contribution in [3.8, 4) is 11.4 Å². The number of aromatic nitrogens is 2. The van der Waals surface area contributed by atoms with E-state index in [4.69, 9.17) is 14.2 Å². The van der Waals surface area contributed by atoms with Crippen molar-refractivity contribution in [2.75, 3.05) is 20.3 Å². The lowest BCUT2D eigenvalue weighted by molar-refractivity contribution is -0.0969. The second kappa shape index (κ2) is 9.77. The van der Waals surface area contributed by atoms with Crippen LogP contribution in [0, 0.1) is 18.6 Å². The van der Waals surface area contributed by atoms with Crippen LogP contribution in [0.5, 0.6) is 5.75 Å². The van der Waals surface area contributed by atoms with E-state index < -0.39 is 17.2 Å². The molecule has 1 saturated heterocycles. The van der Waals surface area contributed by atoms with E-state index in [0.29, 0.717) is 26.1 Å². The summed E-state index contributed by atoms with van der Waals surface area (Å²) in [5.41, 5.74) is 1.17. The van der Waals surface area contributed by atoms with E-state index >= 15 is 0 Å². The molecular formula is C23H25ClF2N2O3. The number of nitrogens with zero attached hydrogens (tertiary/aromatic N) is 2. The summed E-state index contributed by atoms with van der Waals surface area (Å²) in [6, 6.07) is 10.4. The Kier molecular flexibility index (Phi) is 7.30. The van der Waals surface area contributed by atoms with Crippen LogP contribution in [-0.4, -0.2) is 29.9 Å². The van der Waals surface area contributed by atoms with E-state index in [0.717, 1.165) is 23.1 Å². The molecule has 2 heterocycles. The lowest BCUT2D eigenvalue weighted by atomic mass is 9.85. The normalized spacial score (nSPS) is 15.4. The van der Waals surface area contributed by atoms with Gasteiger partial charge in [-0.3, -0.25) is 0 Å². The Morgan fingerprint density at radius 1 is 1.13 bits per heavy atom. The third-order valence-electron chi connectivity index (χ3n) is 5.63. The number of imidazole rings is 1. The zero-order valence-electron chi connectivity index (χ0n) is 17.4. The number of hydrogen-bond donors (Lipinski definition) is 0. The van der Waals surface area contributed by atoms with Crippen LogP contribution in [0.3, 0.4) is 0 Å². The maximum Gasteiger partial charge on any atom is 0.165 e. The molecule has 1 fully saturated rings. The van der Waals surface area contributed by atoms with Gasteiger partial charge in [0.2, 0.25) is 0 Å². The molecule has 0 bridgehead atoms. The minimum atomic E-state index is -0.948. The summed E-state index contributed by atoms with van der Waals surface area (Å²) in [5.74, 6) is -0.683. The van der Waals surface area contributed by atoms with Gasteiger partial charge >= 0.3 is 0 Å². The Morgan fingerprint density at radius 2 is 1.84 bits per heavy atom. The van der Waals surface area contributed by atoms with Crippen molar-refractivity contribution in [2.45, 2.75) is 32.0 Å². The van der Waals surface area contributed by atoms with Crippen molar-refractivity contribution < 1.29 is 23.0 Å². The zero-order valence-corrected chi connectivity index (χ0v) is 18.3. The fourth-order valence-corrected chi connectivity index (χ4v) is 3.83. The topological polar surface area (TPSA) is 45.5 Å². The number of hydrogen-bond acceptors (Lipinski definition) is 4. The molecule has 1 aromatic heterocycles. The first-order valence-corrected chi connectivity index (χ1v) is 9.87. The number of ether oxygens (including phenoxy) is 3. The summed E-state index contributed by atoms with van der Waals surface area (Å²) in [6.45, 7) is 3.03. The summed E-state index contributed by atoms with van der Waals surface area (Å²) in [6.07, 6.45) is 4.56. The van der Waals surface area contributed by atoms with Crippen LogP contribution in [0.15, 0.2) is 48.8 Å². The van der Waals surface area contributed by atoms with Crippen molar-refractivity contribution in [3.05, 3.63) is 77.4 Å². The van der Waals surface area contributed by atoms with Gasteiger partial charge < -0.3 is 18.8 Å². The van der Waals surface area contributed by atoms with Gasteiger partial charge in [0.05, 0.1) is 0 Å². The molecule has 0 N–H and O–H groups in total. The molecule has 0 saturated carbocycles. The molecule has 1 aliphatic heterocycles. The highest BCUT2D eigenvalue weighted by molar-refractivity contribution is 5.85. The Morgan fingerprint density at radius 3 is 2.45 bits per heavy atom. The monoisotopic (exact) mass is 450 g/mol. The summed E-state index contributed by atoms with van der Waals surface area (Å²) >= 11 is 0. The minimum Gasteiger partial charge on any atom is -0.489 e. The number of rotatable bonds is 6. The number of aryl methyl sites for hydroxylation is 1. The highest BCUT2D eigenvalue weighted by Gasteiger charge is 2.38. The minimum absolute atomic E-state index is 0. The largest absolute Gasteiger partial charge is 0.489 e. The van der Waals surface area contributed by atoms with Crippen molar-refractivity contribution >= 4 is 12.4 Å². The van der Waals surface area contributed by atoms with Gasteiger partial charge in [-0.1, -0.05) is 12.1 Å². The molecule has 0 spiro atoms. The number of benzene rings is 2. The summed E-state index contributed by atoms with van der Waals surface area (Å²) < 4.78 is 47.7. The molecule has 0 aliphatic carbocycles. The maximum atomic E-state index is 14.6. The van der Waals surface area contributed by atoms with Crippen LogP contribution in [-0.2, 0) is 21.7 Å². The van der Waals surface area contributed by atoms with Gasteiger partial charge in [-0.25, -0.2) is 13.8 Å². The van der Waals surface area contributed by atoms with Gasteiger partial charge in [0.15, 0.2) is 11.6 Å². The predicted molar refractivity (Wildman–Crippen MR) is 115 cm³/mol. The van der Waals surface area contributed by atoms with Crippen molar-refractivity contribution in [1.29, 1.82) is 0 Å². The van der Waals surface area contributed by atoms with Crippen molar-refractivity contribution in [3.63, 3.8) is 0 Å². The number of methoxy groups -OCH3 is 1. The van der Waals surface area contributed by atoms with E-state index in [1.165, 1.54) is 13.2 Å². The Hall–Kier alpha value is -2.48. The van der Waals surface area contributed by atoms with Gasteiger partial charge in [-0.2, -0.15) is 0 Å². The molecule has 166 valence electrons. The molecule has 3 aromatic rings. The smallest absolute Gasteiger partial charge is 0.165 e. The third kappa shape index (κ3) is 4.74. The predicted octanol–water partition coefficient (Wildman–Crippen LogP) is 5.11. The SMILES string of the molecule is COC1(c2cc(OCc3ccc(-n4ccnc4C)cc3)cc(F)c2F)CCOCC1.Cl. The van der Waals surface area contributed by atoms with E-state index in [1.807, 2.05) is 42.0 Å². The molecule has 5 nitrogen and oxygen atoms in total. The molecule has 0 radical (unpaired) electrons. The fraction of sp³-hybridized carbons (Fsp3) is 0.348. The van der Waals surface area contributed by atoms with Crippen LogP contribution >= 0.6 is 12.4 Å². The maximum absolute atomic E-state index is 14.6. The molecule has 8 heteroatoms. The van der Waals surface area contributed by atoms with Crippen LogP contribution in [0.1, 0.15) is 29.8 Å². The van der Waals surface area contributed by atoms with Crippen LogP contribution in [0.25, 0.3) is 5.69 Å². The Balaban J connectivity index is 0.00000272. The molecule has 0 amide bonds. The molecule has 4 rings (SSSR count). The summed E-state index contributed by atoms with van der Waals surface area (Å²) in [5, 5.41) is 0. The van der Waals surface area contributed by atoms with Gasteiger partial charge in [-0.15, -0.1) is 12.4 Å². The molecule has 1 aliphatic rings. The van der Waals surface area contributed by atoms with Gasteiger partial charge in [0.1, 0.15) is 23.8 Å². The third-order valence-corrected chi connectivity index (χ3v) is 5.63. The van der Waals surface area contributed by atoms with Crippen LogP contribution < -0.4 is 4.74 Å². The highest BCUT2D eigenvalue weighted by Crippen LogP contribution is 2.39. The van der Waals surface area contributed by atoms with Crippen LogP contribution in [0.4, 0.5) is 8.78 Å². The van der Waals surface area contributed by atoms with Crippen molar-refractivity contribution in [2.24, 2.45) is 0 Å². The first-order chi connectivity index (χ1) is 14.5. The van der Waals surface area contributed by atoms with E-state index in [1.54, 1.807) is 6.20 Å². The second-order valence-corrected chi connectivity index (χ2v) is 7.38. The molecule has 31 heavy (non-hydrogen) atoms. The average molecular weight is 451 g/mol. The van der Waals surface area contributed by atoms with Gasteiger partial charge in [-0.05, 0) is 30.7 Å². The average Bonchev–Trinajstić information content (AvgIpc) is 3.21. The number of halogens is 3. The second-order valence-electron chi connectivity index (χ2n) is 7.38. The standard InChI is InChI=1S/C23H24F2N2O3.ClH/c1-16-26-9-10-27(16)18-5-3-17(4-6-18)15-30-19-13-20(22(25)21(24)14-19)23(28-2)7-11-29-12-8-23;/h3-6,9-10,13-14H,7-8,11-12,15H2,1-2H3;1H. The molecule has 2 aromatic carbocycles. The first kappa shape index (κ1) is 23.2. The van der Waals surface area contributed by atoms with Gasteiger partial charge in [0, 0.05) is 62.9 Å². The van der Waals surface area contributed by atoms with Gasteiger partial charge in [0.25, 0.3) is 0 Å². The van der Waals surface area contributed by atoms with Crippen molar-refractivity contribution in [1.82, 2.24) is 9.55 Å². The lowest BCUT2D eigenvalue weighted by Crippen LogP contribution is -2.36. The van der Waals surface area contributed by atoms with E-state index in [-0.39, 0.29) is 30.3 Å². The first-order valence-electron chi connectivity index (χ1n) is 9.87.